The van der Waals surface area contributed by atoms with Crippen molar-refractivity contribution in [3.63, 3.8) is 0 Å². The number of amides is 1. The van der Waals surface area contributed by atoms with Crippen molar-refractivity contribution in [1.29, 1.82) is 5.26 Å². The number of rotatable bonds is 5. The van der Waals surface area contributed by atoms with Crippen molar-refractivity contribution < 1.29 is 22.5 Å². The van der Waals surface area contributed by atoms with E-state index in [-0.39, 0.29) is 10.6 Å². The van der Waals surface area contributed by atoms with Crippen LogP contribution in [-0.2, 0) is 26.1 Å². The molecule has 10 nitrogen and oxygen atoms in total. The predicted molar refractivity (Wildman–Crippen MR) is 141 cm³/mol. The number of anilines is 1. The summed E-state index contributed by atoms with van der Waals surface area (Å²) in [6, 6.07) is 10.8. The van der Waals surface area contributed by atoms with Crippen LogP contribution < -0.4 is 4.72 Å². The number of H-pyrrole nitrogens is 1. The number of nitriles is 1. The van der Waals surface area contributed by atoms with E-state index in [9.17, 15) is 23.0 Å². The smallest absolute Gasteiger partial charge is 0.410 e. The topological polar surface area (TPSA) is 142 Å². The number of ether oxygens (including phenoxy) is 1. The van der Waals surface area contributed by atoms with Gasteiger partial charge in [0.15, 0.2) is 4.90 Å². The molecule has 0 saturated carbocycles. The Labute approximate surface area is 223 Å². The molecule has 1 amide bonds. The number of nitrogens with zero attached hydrogens (tertiary/aromatic N) is 3. The first-order chi connectivity index (χ1) is 17.4. The van der Waals surface area contributed by atoms with Gasteiger partial charge in [-0.05, 0) is 57.2 Å². The number of halogens is 1. The fourth-order valence-electron chi connectivity index (χ4n) is 3.84. The average molecular weight is 564 g/mol. The van der Waals surface area contributed by atoms with Crippen molar-refractivity contribution in [2.45, 2.75) is 36.2 Å². The summed E-state index contributed by atoms with van der Waals surface area (Å²) in [7, 11) is -3.98. The van der Waals surface area contributed by atoms with E-state index < -0.39 is 33.1 Å². The summed E-state index contributed by atoms with van der Waals surface area (Å²) in [5.41, 5.74) is 0.379. The Kier molecular flexibility index (Phi) is 7.64. The zero-order valence-electron chi connectivity index (χ0n) is 20.4. The second kappa shape index (κ2) is 10.4. The number of benzene rings is 2. The van der Waals surface area contributed by atoms with E-state index in [0.717, 1.165) is 0 Å². The maximum atomic E-state index is 13.1. The third-order valence-corrected chi connectivity index (χ3v) is 8.80. The predicted octanol–water partition coefficient (Wildman–Crippen LogP) is 4.07. The number of carbonyl (C=O) groups is 1. The average Bonchev–Trinajstić information content (AvgIpc) is 3.25. The molecular weight excluding hydrogens is 538 g/mol. The Bertz CT molecular complexity index is 1450. The minimum atomic E-state index is -3.98. The summed E-state index contributed by atoms with van der Waals surface area (Å²) in [6.45, 7) is 6.93. The molecule has 1 aromatic heterocycles. The highest BCUT2D eigenvalue weighted by Crippen LogP contribution is 2.33. The highest BCUT2D eigenvalue weighted by Gasteiger charge is 2.31. The number of hydrogen-bond donors (Lipinski definition) is 2. The van der Waals surface area contributed by atoms with Gasteiger partial charge in [-0.15, -0.1) is 4.31 Å². The second-order valence-electron chi connectivity index (χ2n) is 9.38. The van der Waals surface area contributed by atoms with Gasteiger partial charge in [0.25, 0.3) is 10.0 Å². The van der Waals surface area contributed by atoms with Crippen LogP contribution in [0.25, 0.3) is 10.9 Å². The lowest BCUT2D eigenvalue weighted by Crippen LogP contribution is -2.51. The van der Waals surface area contributed by atoms with Crippen LogP contribution in [0, 0.1) is 11.3 Å². The molecule has 0 radical (unpaired) electrons. The minimum Gasteiger partial charge on any atom is -0.593 e. The highest BCUT2D eigenvalue weighted by molar-refractivity contribution is 7.92. The standard InChI is InChI=1S/C24H26ClN5O5S2/c1-24(2,3)35-23(31)29-10-12-30(13-11-29)36(32)17-5-7-18(8-6-17)37(33,34)28-20-9-4-16(14-26)21-19(25)15-27-22(20)21/h4-9,15,27-28H,10-13H2,1-3H3. The van der Waals surface area contributed by atoms with E-state index in [0.29, 0.717) is 52.6 Å². The summed E-state index contributed by atoms with van der Waals surface area (Å²) in [6.07, 6.45) is 1.09. The number of carbonyl (C=O) groups excluding carboxylic acids is 1. The molecule has 0 bridgehead atoms. The molecule has 1 unspecified atom stereocenters. The van der Waals surface area contributed by atoms with Crippen LogP contribution in [0.3, 0.4) is 0 Å². The Morgan fingerprint density at radius 1 is 1.16 bits per heavy atom. The van der Waals surface area contributed by atoms with Crippen molar-refractivity contribution >= 4 is 55.7 Å². The van der Waals surface area contributed by atoms with E-state index >= 15 is 0 Å². The first-order valence-electron chi connectivity index (χ1n) is 11.4. The largest absolute Gasteiger partial charge is 0.593 e. The Morgan fingerprint density at radius 3 is 2.41 bits per heavy atom. The zero-order valence-corrected chi connectivity index (χ0v) is 22.8. The van der Waals surface area contributed by atoms with Gasteiger partial charge < -0.3 is 19.2 Å². The van der Waals surface area contributed by atoms with Gasteiger partial charge in [0.2, 0.25) is 0 Å². The molecule has 1 atom stereocenters. The molecule has 1 aliphatic rings. The van der Waals surface area contributed by atoms with Crippen LogP contribution in [-0.4, -0.2) is 65.0 Å². The van der Waals surface area contributed by atoms with Gasteiger partial charge in [-0.25, -0.2) is 13.2 Å². The molecule has 1 fully saturated rings. The fourth-order valence-corrected chi connectivity index (χ4v) is 6.32. The summed E-state index contributed by atoms with van der Waals surface area (Å²) in [5, 5.41) is 10.1. The SMILES string of the molecule is CC(C)(C)OC(=O)N1CCN([S+]([O-])c2ccc(S(=O)(=O)Nc3ccc(C#N)c4c(Cl)c[nH]c34)cc2)CC1. The summed E-state index contributed by atoms with van der Waals surface area (Å²) in [4.78, 5) is 17.2. The van der Waals surface area contributed by atoms with E-state index in [2.05, 4.69) is 9.71 Å². The van der Waals surface area contributed by atoms with E-state index in [1.807, 2.05) is 6.07 Å². The van der Waals surface area contributed by atoms with Gasteiger partial charge >= 0.3 is 6.09 Å². The molecule has 2 aromatic carbocycles. The lowest BCUT2D eigenvalue weighted by molar-refractivity contribution is 0.0193. The monoisotopic (exact) mass is 563 g/mol. The Balaban J connectivity index is 1.43. The zero-order chi connectivity index (χ0) is 27.0. The van der Waals surface area contributed by atoms with Crippen LogP contribution in [0.5, 0.6) is 0 Å². The molecule has 196 valence electrons. The van der Waals surface area contributed by atoms with Crippen molar-refractivity contribution in [3.05, 3.63) is 53.2 Å². The summed E-state index contributed by atoms with van der Waals surface area (Å²) in [5.74, 6) is 0. The third-order valence-electron chi connectivity index (χ3n) is 5.61. The maximum Gasteiger partial charge on any atom is 0.410 e. The highest BCUT2D eigenvalue weighted by atomic mass is 35.5. The summed E-state index contributed by atoms with van der Waals surface area (Å²) < 4.78 is 48.8. The molecule has 0 spiro atoms. The molecule has 1 aliphatic heterocycles. The lowest BCUT2D eigenvalue weighted by atomic mass is 10.1. The van der Waals surface area contributed by atoms with Crippen LogP contribution in [0.4, 0.5) is 10.5 Å². The quantitative estimate of drug-likeness (QED) is 0.446. The molecule has 2 heterocycles. The number of sulfonamides is 1. The van der Waals surface area contributed by atoms with Crippen LogP contribution in [0.1, 0.15) is 26.3 Å². The molecular formula is C24H26ClN5O5S2. The molecule has 0 aliphatic carbocycles. The maximum absolute atomic E-state index is 13.1. The van der Waals surface area contributed by atoms with Crippen LogP contribution >= 0.6 is 11.6 Å². The molecule has 1 saturated heterocycles. The van der Waals surface area contributed by atoms with Crippen molar-refractivity contribution in [2.24, 2.45) is 0 Å². The van der Waals surface area contributed by atoms with Crippen molar-refractivity contribution in [2.75, 3.05) is 30.9 Å². The molecule has 13 heteroatoms. The Hall–Kier alpha value is -2.95. The number of hydrogen-bond acceptors (Lipinski definition) is 7. The second-order valence-corrected chi connectivity index (χ2v) is 13.0. The fraction of sp³-hybridized carbons (Fsp3) is 0.333. The van der Waals surface area contributed by atoms with Gasteiger partial charge in [0, 0.05) is 24.7 Å². The number of aromatic amines is 1. The Morgan fingerprint density at radius 2 is 1.81 bits per heavy atom. The third kappa shape index (κ3) is 5.97. The molecule has 37 heavy (non-hydrogen) atoms. The van der Waals surface area contributed by atoms with Gasteiger partial charge in [0.1, 0.15) is 5.60 Å². The molecule has 2 N–H and O–H groups in total. The number of piperazine rings is 1. The first-order valence-corrected chi connectivity index (χ1v) is 14.3. The number of aromatic nitrogens is 1. The minimum absolute atomic E-state index is 0.0156. The normalized spacial score (nSPS) is 15.8. The van der Waals surface area contributed by atoms with Gasteiger partial charge in [0.05, 0.1) is 57.2 Å². The summed E-state index contributed by atoms with van der Waals surface area (Å²) >= 11 is 4.64. The van der Waals surface area contributed by atoms with Crippen LogP contribution in [0.2, 0.25) is 5.02 Å². The first kappa shape index (κ1) is 27.1. The van der Waals surface area contributed by atoms with Crippen LogP contribution in [0.15, 0.2) is 52.4 Å². The van der Waals surface area contributed by atoms with Gasteiger partial charge in [-0.2, -0.15) is 5.26 Å². The van der Waals surface area contributed by atoms with Crippen molar-refractivity contribution in [3.8, 4) is 6.07 Å². The van der Waals surface area contributed by atoms with E-state index in [1.165, 1.54) is 42.6 Å². The lowest BCUT2D eigenvalue weighted by Gasteiger charge is -2.35. The van der Waals surface area contributed by atoms with Gasteiger partial charge in [-0.1, -0.05) is 11.6 Å². The number of fused-ring (bicyclic) bond motifs is 1. The van der Waals surface area contributed by atoms with Gasteiger partial charge in [-0.3, -0.25) is 4.72 Å². The van der Waals surface area contributed by atoms with E-state index in [1.54, 1.807) is 30.0 Å². The molecule has 4 rings (SSSR count). The van der Waals surface area contributed by atoms with Crippen molar-refractivity contribution in [1.82, 2.24) is 14.2 Å². The molecule has 3 aromatic rings. The number of nitrogens with one attached hydrogen (secondary N) is 2. The van der Waals surface area contributed by atoms with E-state index in [4.69, 9.17) is 16.3 Å².